The van der Waals surface area contributed by atoms with Crippen LogP contribution in [0.5, 0.6) is 0 Å². The van der Waals surface area contributed by atoms with Crippen LogP contribution < -0.4 is 10.6 Å². The van der Waals surface area contributed by atoms with E-state index in [1.807, 2.05) is 16.8 Å². The Balaban J connectivity index is 1.59. The molecule has 118 valence electrons. The van der Waals surface area contributed by atoms with Gasteiger partial charge in [0.05, 0.1) is 6.04 Å². The van der Waals surface area contributed by atoms with Crippen LogP contribution in [0.2, 0.25) is 0 Å². The maximum Gasteiger partial charge on any atom is 0.317 e. The van der Waals surface area contributed by atoms with Crippen LogP contribution in [0.3, 0.4) is 0 Å². The zero-order valence-electron chi connectivity index (χ0n) is 12.9. The Morgan fingerprint density at radius 3 is 2.81 bits per heavy atom. The molecule has 21 heavy (non-hydrogen) atoms. The highest BCUT2D eigenvalue weighted by Crippen LogP contribution is 2.31. The fourth-order valence-corrected chi connectivity index (χ4v) is 3.98. The highest BCUT2D eigenvalue weighted by molar-refractivity contribution is 5.80. The summed E-state index contributed by atoms with van der Waals surface area (Å²) in [5.74, 6) is 0.241. The smallest absolute Gasteiger partial charge is 0.317 e. The first kappa shape index (κ1) is 14.6. The van der Waals surface area contributed by atoms with Crippen LogP contribution in [0, 0.1) is 0 Å². The number of rotatable bonds is 3. The molecule has 0 aromatic rings. The van der Waals surface area contributed by atoms with Crippen LogP contribution >= 0.6 is 0 Å². The molecular weight excluding hydrogens is 268 g/mol. The van der Waals surface area contributed by atoms with Crippen molar-refractivity contribution in [2.45, 2.75) is 50.1 Å². The second-order valence-electron chi connectivity index (χ2n) is 6.64. The second-order valence-corrected chi connectivity index (χ2v) is 6.64. The number of urea groups is 1. The maximum atomic E-state index is 12.7. The first-order valence-corrected chi connectivity index (χ1v) is 8.15. The number of carbonyl (C=O) groups is 2. The molecule has 1 atom stereocenters. The molecule has 2 N–H and O–H groups in total. The van der Waals surface area contributed by atoms with Gasteiger partial charge in [0, 0.05) is 38.1 Å². The van der Waals surface area contributed by atoms with Gasteiger partial charge >= 0.3 is 6.03 Å². The molecule has 0 radical (unpaired) electrons. The van der Waals surface area contributed by atoms with Crippen LogP contribution in [0.25, 0.3) is 0 Å². The molecule has 0 aromatic carbocycles. The number of amides is 3. The van der Waals surface area contributed by atoms with Crippen LogP contribution in [-0.4, -0.2) is 66.5 Å². The quantitative estimate of drug-likeness (QED) is 0.798. The molecule has 2 saturated heterocycles. The molecule has 0 aromatic heterocycles. The van der Waals surface area contributed by atoms with Crippen molar-refractivity contribution in [1.82, 2.24) is 20.4 Å². The third kappa shape index (κ3) is 2.86. The van der Waals surface area contributed by atoms with Gasteiger partial charge in [0.1, 0.15) is 0 Å². The van der Waals surface area contributed by atoms with Gasteiger partial charge in [-0.3, -0.25) is 4.79 Å². The van der Waals surface area contributed by atoms with E-state index in [-0.39, 0.29) is 23.5 Å². The van der Waals surface area contributed by atoms with E-state index in [2.05, 4.69) is 10.6 Å². The van der Waals surface area contributed by atoms with Crippen LogP contribution in [-0.2, 0) is 4.79 Å². The van der Waals surface area contributed by atoms with Crippen molar-refractivity contribution < 1.29 is 9.59 Å². The Labute approximate surface area is 126 Å². The van der Waals surface area contributed by atoms with Crippen molar-refractivity contribution in [2.75, 3.05) is 33.2 Å². The third-order valence-corrected chi connectivity index (χ3v) is 5.42. The molecule has 1 unspecified atom stereocenters. The lowest BCUT2D eigenvalue weighted by Crippen LogP contribution is -2.56. The van der Waals surface area contributed by atoms with E-state index in [0.717, 1.165) is 12.8 Å². The van der Waals surface area contributed by atoms with Gasteiger partial charge in [0.2, 0.25) is 5.91 Å². The van der Waals surface area contributed by atoms with E-state index in [4.69, 9.17) is 0 Å². The fourth-order valence-electron chi connectivity index (χ4n) is 3.98. The van der Waals surface area contributed by atoms with Gasteiger partial charge < -0.3 is 20.4 Å². The summed E-state index contributed by atoms with van der Waals surface area (Å²) in [7, 11) is 1.98. The Hall–Kier alpha value is -1.30. The van der Waals surface area contributed by atoms with Crippen molar-refractivity contribution in [2.24, 2.45) is 0 Å². The van der Waals surface area contributed by atoms with Crippen molar-refractivity contribution in [3.8, 4) is 0 Å². The molecule has 0 bridgehead atoms. The van der Waals surface area contributed by atoms with Crippen molar-refractivity contribution in [3.63, 3.8) is 0 Å². The molecule has 0 spiro atoms. The van der Waals surface area contributed by atoms with Crippen molar-refractivity contribution >= 4 is 11.9 Å². The normalized spacial score (nSPS) is 28.2. The third-order valence-electron chi connectivity index (χ3n) is 5.42. The molecule has 3 aliphatic rings. The van der Waals surface area contributed by atoms with E-state index < -0.39 is 0 Å². The lowest BCUT2D eigenvalue weighted by molar-refractivity contribution is -0.135. The number of carbonyl (C=O) groups excluding carboxylic acids is 2. The van der Waals surface area contributed by atoms with Crippen molar-refractivity contribution in [1.29, 1.82) is 0 Å². The summed E-state index contributed by atoms with van der Waals surface area (Å²) in [6.45, 7) is 2.68. The SMILES string of the molecule is CNC1(CC(=O)N2CCN3C(=O)NCC3C2)CCCCC1. The summed E-state index contributed by atoms with van der Waals surface area (Å²) < 4.78 is 0. The van der Waals surface area contributed by atoms with Gasteiger partial charge in [-0.05, 0) is 19.9 Å². The fraction of sp³-hybridized carbons (Fsp3) is 0.867. The van der Waals surface area contributed by atoms with Crippen LogP contribution in [0.15, 0.2) is 0 Å². The topological polar surface area (TPSA) is 64.7 Å². The number of hydrogen-bond acceptors (Lipinski definition) is 3. The summed E-state index contributed by atoms with van der Waals surface area (Å²) >= 11 is 0. The standard InChI is InChI=1S/C15H26N4O2/c1-16-15(5-3-2-4-6-15)9-13(20)18-7-8-19-12(11-18)10-17-14(19)21/h12,16H,2-11H2,1H3,(H,17,21). The Bertz CT molecular complexity index is 420. The summed E-state index contributed by atoms with van der Waals surface area (Å²) in [5, 5.41) is 6.27. The Morgan fingerprint density at radius 1 is 1.33 bits per heavy atom. The maximum absolute atomic E-state index is 12.7. The molecule has 6 nitrogen and oxygen atoms in total. The molecule has 1 aliphatic carbocycles. The molecular formula is C15H26N4O2. The number of piperazine rings is 1. The van der Waals surface area contributed by atoms with Crippen molar-refractivity contribution in [3.05, 3.63) is 0 Å². The number of hydrogen-bond donors (Lipinski definition) is 2. The molecule has 3 amide bonds. The van der Waals surface area contributed by atoms with Gasteiger partial charge in [-0.25, -0.2) is 4.79 Å². The summed E-state index contributed by atoms with van der Waals surface area (Å²) in [4.78, 5) is 28.1. The molecule has 3 rings (SSSR count). The minimum absolute atomic E-state index is 0.00376. The summed E-state index contributed by atoms with van der Waals surface area (Å²) in [6, 6.07) is 0.179. The highest BCUT2D eigenvalue weighted by Gasteiger charge is 2.39. The van der Waals surface area contributed by atoms with Gasteiger partial charge in [0.25, 0.3) is 0 Å². The van der Waals surface area contributed by atoms with Crippen LogP contribution in [0.1, 0.15) is 38.5 Å². The van der Waals surface area contributed by atoms with E-state index in [1.54, 1.807) is 0 Å². The van der Waals surface area contributed by atoms with E-state index in [0.29, 0.717) is 32.6 Å². The molecule has 1 saturated carbocycles. The first-order valence-electron chi connectivity index (χ1n) is 8.15. The number of nitrogens with one attached hydrogen (secondary N) is 2. The lowest BCUT2D eigenvalue weighted by Gasteiger charge is -2.41. The average Bonchev–Trinajstić information content (AvgIpc) is 2.89. The number of nitrogens with zero attached hydrogens (tertiary/aromatic N) is 2. The Kier molecular flexibility index (Phi) is 4.06. The van der Waals surface area contributed by atoms with E-state index in [1.165, 1.54) is 19.3 Å². The lowest BCUT2D eigenvalue weighted by atomic mass is 9.79. The van der Waals surface area contributed by atoms with E-state index in [9.17, 15) is 9.59 Å². The first-order chi connectivity index (χ1) is 10.1. The minimum atomic E-state index is -0.00376. The molecule has 2 heterocycles. The number of fused-ring (bicyclic) bond motifs is 1. The Morgan fingerprint density at radius 2 is 2.10 bits per heavy atom. The molecule has 3 fully saturated rings. The minimum Gasteiger partial charge on any atom is -0.339 e. The molecule has 6 heteroatoms. The highest BCUT2D eigenvalue weighted by atomic mass is 16.2. The van der Waals surface area contributed by atoms with E-state index >= 15 is 0 Å². The van der Waals surface area contributed by atoms with Gasteiger partial charge in [-0.2, -0.15) is 0 Å². The zero-order chi connectivity index (χ0) is 14.9. The van der Waals surface area contributed by atoms with Crippen LogP contribution in [0.4, 0.5) is 4.79 Å². The second kappa shape index (κ2) is 5.83. The van der Waals surface area contributed by atoms with Gasteiger partial charge in [-0.1, -0.05) is 19.3 Å². The summed E-state index contributed by atoms with van der Waals surface area (Å²) in [6.07, 6.45) is 6.49. The zero-order valence-corrected chi connectivity index (χ0v) is 12.9. The molecule has 2 aliphatic heterocycles. The van der Waals surface area contributed by atoms with Gasteiger partial charge in [-0.15, -0.1) is 0 Å². The largest absolute Gasteiger partial charge is 0.339 e. The summed E-state index contributed by atoms with van der Waals surface area (Å²) in [5.41, 5.74) is -0.00376. The predicted octanol–water partition coefficient (Wildman–Crippen LogP) is 0.535. The van der Waals surface area contributed by atoms with Gasteiger partial charge in [0.15, 0.2) is 0 Å². The monoisotopic (exact) mass is 294 g/mol. The predicted molar refractivity (Wildman–Crippen MR) is 80.0 cm³/mol. The average molecular weight is 294 g/mol.